The zero-order valence-electron chi connectivity index (χ0n) is 15.8. The van der Waals surface area contributed by atoms with Gasteiger partial charge in [-0.15, -0.1) is 0 Å². The molecule has 152 valence electrons. The van der Waals surface area contributed by atoms with Gasteiger partial charge in [-0.1, -0.05) is 48.0 Å². The van der Waals surface area contributed by atoms with Gasteiger partial charge < -0.3 is 9.32 Å². The monoisotopic (exact) mass is 423 g/mol. The van der Waals surface area contributed by atoms with Gasteiger partial charge in [0, 0.05) is 13.0 Å². The van der Waals surface area contributed by atoms with Crippen molar-refractivity contribution < 1.29 is 18.8 Å². The quantitative estimate of drug-likeness (QED) is 0.633. The van der Waals surface area contributed by atoms with Crippen molar-refractivity contribution in [3.63, 3.8) is 0 Å². The molecule has 1 aliphatic rings. The van der Waals surface area contributed by atoms with Gasteiger partial charge in [0.15, 0.2) is 5.76 Å². The highest BCUT2D eigenvalue weighted by Gasteiger charge is 2.36. The van der Waals surface area contributed by atoms with Crippen LogP contribution in [0.3, 0.4) is 0 Å². The Morgan fingerprint density at radius 3 is 2.40 bits per heavy atom. The van der Waals surface area contributed by atoms with Gasteiger partial charge in [0.2, 0.25) is 0 Å². The summed E-state index contributed by atoms with van der Waals surface area (Å²) >= 11 is 6.02. The minimum atomic E-state index is -0.816. The Hall–Kier alpha value is -3.58. The second-order valence-corrected chi connectivity index (χ2v) is 7.23. The molecule has 30 heavy (non-hydrogen) atoms. The van der Waals surface area contributed by atoms with E-state index in [2.05, 4.69) is 10.9 Å². The largest absolute Gasteiger partial charge is 0.459 e. The Morgan fingerprint density at radius 2 is 1.67 bits per heavy atom. The number of nitrogens with zero attached hydrogens (tertiary/aromatic N) is 1. The summed E-state index contributed by atoms with van der Waals surface area (Å²) in [5.41, 5.74) is 6.95. The predicted molar refractivity (Wildman–Crippen MR) is 110 cm³/mol. The molecule has 4 rings (SSSR count). The number of halogens is 1. The first-order valence-electron chi connectivity index (χ1n) is 9.30. The Kier molecular flexibility index (Phi) is 5.54. The predicted octanol–water partition coefficient (Wildman–Crippen LogP) is 2.96. The van der Waals surface area contributed by atoms with Crippen LogP contribution in [0, 0.1) is 0 Å². The SMILES string of the molecule is O=C(NNC(=O)C1Cc2ccccc2CN1C(=O)c1ccco1)c1ccccc1Cl. The fourth-order valence-electron chi connectivity index (χ4n) is 3.43. The van der Waals surface area contributed by atoms with Crippen LogP contribution >= 0.6 is 11.6 Å². The molecule has 0 spiro atoms. The molecule has 7 nitrogen and oxygen atoms in total. The van der Waals surface area contributed by atoms with Gasteiger partial charge in [0.25, 0.3) is 17.7 Å². The molecule has 8 heteroatoms. The standard InChI is InChI=1S/C22H18ClN3O4/c23-17-9-4-3-8-16(17)20(27)24-25-21(28)18-12-14-6-1-2-7-15(14)13-26(18)22(29)19-10-5-11-30-19/h1-11,18H,12-13H2,(H,24,27)(H,25,28). The number of amides is 3. The number of nitrogens with one attached hydrogen (secondary N) is 2. The van der Waals surface area contributed by atoms with Crippen molar-refractivity contribution in [2.24, 2.45) is 0 Å². The fourth-order valence-corrected chi connectivity index (χ4v) is 3.65. The molecule has 0 saturated heterocycles. The van der Waals surface area contributed by atoms with E-state index in [9.17, 15) is 14.4 Å². The van der Waals surface area contributed by atoms with Crippen LogP contribution in [-0.2, 0) is 17.8 Å². The van der Waals surface area contributed by atoms with Crippen LogP contribution in [0.25, 0.3) is 0 Å². The molecule has 3 amide bonds. The average Bonchev–Trinajstić information content (AvgIpc) is 3.31. The molecule has 0 radical (unpaired) electrons. The smallest absolute Gasteiger partial charge is 0.290 e. The Morgan fingerprint density at radius 1 is 0.933 bits per heavy atom. The topological polar surface area (TPSA) is 91.7 Å². The summed E-state index contributed by atoms with van der Waals surface area (Å²) in [6.07, 6.45) is 1.72. The molecule has 0 aliphatic carbocycles. The number of furan rings is 1. The highest BCUT2D eigenvalue weighted by atomic mass is 35.5. The van der Waals surface area contributed by atoms with Crippen LogP contribution < -0.4 is 10.9 Å². The number of hydrazine groups is 1. The minimum absolute atomic E-state index is 0.146. The molecular formula is C22H18ClN3O4. The average molecular weight is 424 g/mol. The molecular weight excluding hydrogens is 406 g/mol. The van der Waals surface area contributed by atoms with Gasteiger partial charge in [-0.25, -0.2) is 0 Å². The van der Waals surface area contributed by atoms with Crippen molar-refractivity contribution in [2.45, 2.75) is 19.0 Å². The second-order valence-electron chi connectivity index (χ2n) is 6.82. The van der Waals surface area contributed by atoms with E-state index in [-0.39, 0.29) is 22.9 Å². The minimum Gasteiger partial charge on any atom is -0.459 e. The molecule has 1 aromatic heterocycles. The molecule has 2 aromatic carbocycles. The zero-order chi connectivity index (χ0) is 21.1. The van der Waals surface area contributed by atoms with E-state index in [1.165, 1.54) is 11.2 Å². The van der Waals surface area contributed by atoms with E-state index in [4.69, 9.17) is 16.0 Å². The summed E-state index contributed by atoms with van der Waals surface area (Å²) in [4.78, 5) is 39.7. The summed E-state index contributed by atoms with van der Waals surface area (Å²) < 4.78 is 5.23. The number of hydrogen-bond donors (Lipinski definition) is 2. The Bertz CT molecular complexity index is 1100. The van der Waals surface area contributed by atoms with Gasteiger partial charge >= 0.3 is 0 Å². The molecule has 3 aromatic rings. The van der Waals surface area contributed by atoms with Crippen molar-refractivity contribution in [3.8, 4) is 0 Å². The zero-order valence-corrected chi connectivity index (χ0v) is 16.6. The highest BCUT2D eigenvalue weighted by Crippen LogP contribution is 2.25. The van der Waals surface area contributed by atoms with E-state index in [1.54, 1.807) is 36.4 Å². The van der Waals surface area contributed by atoms with Gasteiger partial charge in [-0.3, -0.25) is 25.2 Å². The van der Waals surface area contributed by atoms with Gasteiger partial charge in [-0.05, 0) is 35.4 Å². The van der Waals surface area contributed by atoms with Crippen molar-refractivity contribution >= 4 is 29.3 Å². The first-order chi connectivity index (χ1) is 14.5. The van der Waals surface area contributed by atoms with Crippen LogP contribution in [0.15, 0.2) is 71.3 Å². The van der Waals surface area contributed by atoms with E-state index in [0.717, 1.165) is 11.1 Å². The lowest BCUT2D eigenvalue weighted by Crippen LogP contribution is -2.56. The molecule has 0 bridgehead atoms. The summed E-state index contributed by atoms with van der Waals surface area (Å²) in [6.45, 7) is 0.256. The number of hydrogen-bond acceptors (Lipinski definition) is 4. The Labute approximate surface area is 177 Å². The summed E-state index contributed by atoms with van der Waals surface area (Å²) in [7, 11) is 0. The van der Waals surface area contributed by atoms with Crippen LogP contribution in [0.1, 0.15) is 32.0 Å². The summed E-state index contributed by atoms with van der Waals surface area (Å²) in [5.74, 6) is -1.31. The van der Waals surface area contributed by atoms with Crippen molar-refractivity contribution in [3.05, 3.63) is 94.4 Å². The number of rotatable bonds is 3. The van der Waals surface area contributed by atoms with E-state index < -0.39 is 23.8 Å². The maximum atomic E-state index is 12.9. The highest BCUT2D eigenvalue weighted by molar-refractivity contribution is 6.33. The fraction of sp³-hybridized carbons (Fsp3) is 0.136. The summed E-state index contributed by atoms with van der Waals surface area (Å²) in [5, 5.41) is 0.269. The second kappa shape index (κ2) is 8.42. The number of carbonyl (C=O) groups excluding carboxylic acids is 3. The maximum Gasteiger partial charge on any atom is 0.290 e. The summed E-state index contributed by atoms with van der Waals surface area (Å²) in [6, 6.07) is 16.5. The molecule has 1 atom stereocenters. The van der Waals surface area contributed by atoms with E-state index in [1.807, 2.05) is 24.3 Å². The molecule has 0 saturated carbocycles. The lowest BCUT2D eigenvalue weighted by molar-refractivity contribution is -0.127. The third-order valence-electron chi connectivity index (χ3n) is 4.96. The van der Waals surface area contributed by atoms with Crippen molar-refractivity contribution in [2.75, 3.05) is 0 Å². The van der Waals surface area contributed by atoms with Crippen LogP contribution in [-0.4, -0.2) is 28.7 Å². The normalized spacial score (nSPS) is 15.2. The number of fused-ring (bicyclic) bond motifs is 1. The molecule has 2 N–H and O–H groups in total. The molecule has 0 fully saturated rings. The first kappa shape index (κ1) is 19.7. The van der Waals surface area contributed by atoms with Gasteiger partial charge in [-0.2, -0.15) is 0 Å². The van der Waals surface area contributed by atoms with Gasteiger partial charge in [0.1, 0.15) is 6.04 Å². The number of benzene rings is 2. The maximum absolute atomic E-state index is 12.9. The van der Waals surface area contributed by atoms with E-state index >= 15 is 0 Å². The van der Waals surface area contributed by atoms with Crippen LogP contribution in [0.4, 0.5) is 0 Å². The van der Waals surface area contributed by atoms with Gasteiger partial charge in [0.05, 0.1) is 16.8 Å². The third kappa shape index (κ3) is 3.92. The van der Waals surface area contributed by atoms with Crippen LogP contribution in [0.2, 0.25) is 5.02 Å². The first-order valence-corrected chi connectivity index (χ1v) is 9.68. The number of carbonyl (C=O) groups is 3. The lowest BCUT2D eigenvalue weighted by Gasteiger charge is -2.35. The third-order valence-corrected chi connectivity index (χ3v) is 5.29. The molecule has 1 aliphatic heterocycles. The lowest BCUT2D eigenvalue weighted by atomic mass is 9.93. The van der Waals surface area contributed by atoms with E-state index in [0.29, 0.717) is 6.42 Å². The van der Waals surface area contributed by atoms with Crippen molar-refractivity contribution in [1.29, 1.82) is 0 Å². The van der Waals surface area contributed by atoms with Crippen molar-refractivity contribution in [1.82, 2.24) is 15.8 Å². The van der Waals surface area contributed by atoms with Crippen LogP contribution in [0.5, 0.6) is 0 Å². The molecule has 1 unspecified atom stereocenters. The molecule has 2 heterocycles. The Balaban J connectivity index is 1.53.